The van der Waals surface area contributed by atoms with Crippen LogP contribution in [-0.4, -0.2) is 30.6 Å². The van der Waals surface area contributed by atoms with Crippen molar-refractivity contribution in [1.82, 2.24) is 24.4 Å². The molecule has 1 saturated carbocycles. The molecular formula is C18H19FN6O. The Hall–Kier alpha value is -2.95. The number of nitrogens with one attached hydrogen (secondary N) is 1. The van der Waals surface area contributed by atoms with E-state index in [0.29, 0.717) is 35.3 Å². The van der Waals surface area contributed by atoms with E-state index in [9.17, 15) is 14.4 Å². The van der Waals surface area contributed by atoms with Crippen molar-refractivity contribution in [1.29, 1.82) is 5.26 Å². The van der Waals surface area contributed by atoms with Gasteiger partial charge in [-0.05, 0) is 18.8 Å². The van der Waals surface area contributed by atoms with E-state index in [-0.39, 0.29) is 17.5 Å². The number of H-pyrrole nitrogens is 1. The summed E-state index contributed by atoms with van der Waals surface area (Å²) < 4.78 is 16.5. The number of halogens is 1. The predicted molar refractivity (Wildman–Crippen MR) is 93.6 cm³/mol. The molecule has 0 amide bonds. The van der Waals surface area contributed by atoms with Crippen molar-refractivity contribution in [2.75, 3.05) is 0 Å². The average Bonchev–Trinajstić information content (AvgIpc) is 3.32. The molecule has 0 saturated heterocycles. The molecule has 4 rings (SSSR count). The minimum Gasteiger partial charge on any atom is -0.338 e. The normalized spacial score (nSPS) is 20.1. The van der Waals surface area contributed by atoms with E-state index in [1.807, 2.05) is 26.1 Å². The minimum absolute atomic E-state index is 0.0429. The molecule has 8 heteroatoms. The van der Waals surface area contributed by atoms with Crippen LogP contribution in [0, 0.1) is 11.3 Å². The van der Waals surface area contributed by atoms with Gasteiger partial charge in [-0.3, -0.25) is 9.48 Å². The van der Waals surface area contributed by atoms with E-state index in [1.54, 1.807) is 10.9 Å². The van der Waals surface area contributed by atoms with Crippen LogP contribution in [0.2, 0.25) is 0 Å². The van der Waals surface area contributed by atoms with E-state index in [0.717, 1.165) is 12.0 Å². The molecule has 134 valence electrons. The molecule has 3 aromatic rings. The van der Waals surface area contributed by atoms with Crippen molar-refractivity contribution in [3.05, 3.63) is 40.1 Å². The van der Waals surface area contributed by atoms with Crippen LogP contribution in [-0.2, 0) is 0 Å². The van der Waals surface area contributed by atoms with E-state index < -0.39 is 6.17 Å². The van der Waals surface area contributed by atoms with Crippen LogP contribution in [0.1, 0.15) is 56.2 Å². The monoisotopic (exact) mass is 354 g/mol. The Balaban J connectivity index is 1.88. The van der Waals surface area contributed by atoms with Crippen molar-refractivity contribution < 1.29 is 4.39 Å². The standard InChI is InChI=1S/C18H19FN6O/c1-10(2)15-16(23-17-11(6-20)7-22-25(17)18(15)26)12-8-21-24(9-12)14-4-3-13(19)5-14/h7-10,13-14,23H,3-5H2,1-2H3. The smallest absolute Gasteiger partial charge is 0.278 e. The zero-order valence-corrected chi connectivity index (χ0v) is 14.6. The fraction of sp³-hybridized carbons (Fsp3) is 0.444. The SMILES string of the molecule is CC(C)c1c(-c2cnn(C3CCC(F)C3)c2)[nH]c2c(C#N)cnn2c1=O. The van der Waals surface area contributed by atoms with E-state index in [4.69, 9.17) is 0 Å². The van der Waals surface area contributed by atoms with Crippen molar-refractivity contribution in [2.45, 2.75) is 51.2 Å². The zero-order chi connectivity index (χ0) is 18.4. The topological polar surface area (TPSA) is 91.8 Å². The maximum Gasteiger partial charge on any atom is 0.278 e. The second-order valence-electron chi connectivity index (χ2n) is 7.08. The largest absolute Gasteiger partial charge is 0.338 e. The predicted octanol–water partition coefficient (Wildman–Crippen LogP) is 2.94. The maximum atomic E-state index is 13.5. The van der Waals surface area contributed by atoms with Crippen LogP contribution in [0.5, 0.6) is 0 Å². The number of aromatic nitrogens is 5. The van der Waals surface area contributed by atoms with Gasteiger partial charge in [0, 0.05) is 23.7 Å². The molecule has 1 aliphatic rings. The Morgan fingerprint density at radius 2 is 2.15 bits per heavy atom. The van der Waals surface area contributed by atoms with E-state index in [2.05, 4.69) is 15.2 Å². The number of fused-ring (bicyclic) bond motifs is 1. The molecule has 0 radical (unpaired) electrons. The molecule has 2 unspecified atom stereocenters. The van der Waals surface area contributed by atoms with Crippen LogP contribution >= 0.6 is 0 Å². The molecule has 1 aliphatic carbocycles. The Bertz CT molecular complexity index is 1070. The Labute approximate surface area is 149 Å². The van der Waals surface area contributed by atoms with E-state index in [1.165, 1.54) is 10.7 Å². The summed E-state index contributed by atoms with van der Waals surface area (Å²) >= 11 is 0. The molecule has 0 spiro atoms. The first-order chi connectivity index (χ1) is 12.5. The number of aromatic amines is 1. The van der Waals surface area contributed by atoms with Crippen molar-refractivity contribution in [3.8, 4) is 17.3 Å². The highest BCUT2D eigenvalue weighted by molar-refractivity contribution is 5.67. The summed E-state index contributed by atoms with van der Waals surface area (Å²) in [6, 6.07) is 2.09. The third-order valence-electron chi connectivity index (χ3n) is 5.01. The van der Waals surface area contributed by atoms with Gasteiger partial charge in [-0.25, -0.2) is 4.39 Å². The first-order valence-electron chi connectivity index (χ1n) is 8.72. The van der Waals surface area contributed by atoms with Gasteiger partial charge in [-0.2, -0.15) is 20.0 Å². The lowest BCUT2D eigenvalue weighted by Gasteiger charge is -2.12. The number of hydrogen-bond acceptors (Lipinski definition) is 4. The fourth-order valence-corrected chi connectivity index (χ4v) is 3.69. The van der Waals surface area contributed by atoms with Gasteiger partial charge < -0.3 is 4.98 Å². The fourth-order valence-electron chi connectivity index (χ4n) is 3.69. The average molecular weight is 354 g/mol. The maximum absolute atomic E-state index is 13.5. The lowest BCUT2D eigenvalue weighted by Crippen LogP contribution is -2.22. The molecule has 0 aliphatic heterocycles. The summed E-state index contributed by atoms with van der Waals surface area (Å²) in [6.45, 7) is 3.87. The Morgan fingerprint density at radius 3 is 2.81 bits per heavy atom. The molecule has 1 N–H and O–H groups in total. The zero-order valence-electron chi connectivity index (χ0n) is 14.6. The van der Waals surface area contributed by atoms with Gasteiger partial charge in [-0.1, -0.05) is 13.8 Å². The molecular weight excluding hydrogens is 335 g/mol. The molecule has 0 bridgehead atoms. The van der Waals surface area contributed by atoms with Crippen LogP contribution in [0.15, 0.2) is 23.4 Å². The lowest BCUT2D eigenvalue weighted by molar-refractivity contribution is 0.326. The van der Waals surface area contributed by atoms with Gasteiger partial charge >= 0.3 is 0 Å². The van der Waals surface area contributed by atoms with Gasteiger partial charge in [-0.15, -0.1) is 0 Å². The number of nitrogens with zero attached hydrogens (tertiary/aromatic N) is 5. The summed E-state index contributed by atoms with van der Waals surface area (Å²) in [7, 11) is 0. The van der Waals surface area contributed by atoms with Gasteiger partial charge in [0.2, 0.25) is 0 Å². The van der Waals surface area contributed by atoms with Crippen LogP contribution in [0.25, 0.3) is 16.9 Å². The summed E-state index contributed by atoms with van der Waals surface area (Å²) in [5.41, 5.74) is 2.40. The second-order valence-corrected chi connectivity index (χ2v) is 7.08. The molecule has 3 heterocycles. The van der Waals surface area contributed by atoms with Crippen molar-refractivity contribution in [2.24, 2.45) is 0 Å². The summed E-state index contributed by atoms with van der Waals surface area (Å²) in [5.74, 6) is -0.0436. The number of alkyl halides is 1. The van der Waals surface area contributed by atoms with Gasteiger partial charge in [0.25, 0.3) is 5.56 Å². The molecule has 1 fully saturated rings. The minimum atomic E-state index is -0.778. The first-order valence-corrected chi connectivity index (χ1v) is 8.72. The van der Waals surface area contributed by atoms with Gasteiger partial charge in [0.05, 0.1) is 24.1 Å². The quantitative estimate of drug-likeness (QED) is 0.783. The third kappa shape index (κ3) is 2.51. The van der Waals surface area contributed by atoms with Crippen molar-refractivity contribution in [3.63, 3.8) is 0 Å². The molecule has 2 atom stereocenters. The number of rotatable bonds is 3. The van der Waals surface area contributed by atoms with Crippen molar-refractivity contribution >= 4 is 5.65 Å². The number of nitriles is 1. The summed E-state index contributed by atoms with van der Waals surface area (Å²) in [6.07, 6.45) is 5.91. The summed E-state index contributed by atoms with van der Waals surface area (Å²) in [5, 5.41) is 17.7. The highest BCUT2D eigenvalue weighted by Gasteiger charge is 2.27. The first kappa shape index (κ1) is 16.5. The molecule has 26 heavy (non-hydrogen) atoms. The lowest BCUT2D eigenvalue weighted by atomic mass is 10.00. The highest BCUT2D eigenvalue weighted by Crippen LogP contribution is 2.33. The van der Waals surface area contributed by atoms with Gasteiger partial charge in [0.1, 0.15) is 17.8 Å². The Morgan fingerprint density at radius 1 is 1.35 bits per heavy atom. The summed E-state index contributed by atoms with van der Waals surface area (Å²) in [4.78, 5) is 16.1. The number of hydrogen-bond donors (Lipinski definition) is 1. The van der Waals surface area contributed by atoms with Gasteiger partial charge in [0.15, 0.2) is 5.65 Å². The van der Waals surface area contributed by atoms with Crippen LogP contribution in [0.3, 0.4) is 0 Å². The van der Waals surface area contributed by atoms with E-state index >= 15 is 0 Å². The molecule has 0 aromatic carbocycles. The second kappa shape index (κ2) is 6.09. The van der Waals surface area contributed by atoms with Crippen LogP contribution < -0.4 is 5.56 Å². The molecule has 3 aromatic heterocycles. The van der Waals surface area contributed by atoms with Crippen LogP contribution in [0.4, 0.5) is 4.39 Å². The Kier molecular flexibility index (Phi) is 3.87. The highest BCUT2D eigenvalue weighted by atomic mass is 19.1. The molecule has 7 nitrogen and oxygen atoms in total. The third-order valence-corrected chi connectivity index (χ3v) is 5.01.